The van der Waals surface area contributed by atoms with E-state index >= 15 is 0 Å². The van der Waals surface area contributed by atoms with Crippen LogP contribution in [-0.4, -0.2) is 30.6 Å². The van der Waals surface area contributed by atoms with Gasteiger partial charge in [-0.3, -0.25) is 4.79 Å². The van der Waals surface area contributed by atoms with Gasteiger partial charge in [0.05, 0.1) is 0 Å². The third-order valence-corrected chi connectivity index (χ3v) is 4.10. The minimum atomic E-state index is -0.947. The summed E-state index contributed by atoms with van der Waals surface area (Å²) in [6, 6.07) is 14.8. The standard InChI is InChI=1S/C21H23ClN2O5/c1-14(2)19(24-21(27)29-12-15-7-4-3-5-8-15)20(26)28-13-18(25)23-17-10-6-9-16(22)11-17/h3-11,14,19H,12-13H2,1-2H3,(H,23,25)(H,24,27)/t19-/m0/s1. The molecule has 2 amide bonds. The first-order chi connectivity index (χ1) is 13.8. The lowest BCUT2D eigenvalue weighted by Gasteiger charge is -2.20. The van der Waals surface area contributed by atoms with Gasteiger partial charge in [0, 0.05) is 10.7 Å². The fourth-order valence-electron chi connectivity index (χ4n) is 2.38. The predicted octanol–water partition coefficient (Wildman–Crippen LogP) is 3.77. The van der Waals surface area contributed by atoms with Crippen LogP contribution in [0.15, 0.2) is 54.6 Å². The highest BCUT2D eigenvalue weighted by molar-refractivity contribution is 6.30. The first-order valence-corrected chi connectivity index (χ1v) is 9.42. The van der Waals surface area contributed by atoms with Crippen molar-refractivity contribution in [3.63, 3.8) is 0 Å². The SMILES string of the molecule is CC(C)[C@H](NC(=O)OCc1ccccc1)C(=O)OCC(=O)Nc1cccc(Cl)c1. The van der Waals surface area contributed by atoms with Gasteiger partial charge in [-0.1, -0.05) is 61.8 Å². The van der Waals surface area contributed by atoms with E-state index < -0.39 is 30.6 Å². The van der Waals surface area contributed by atoms with Crippen molar-refractivity contribution in [2.45, 2.75) is 26.5 Å². The maximum Gasteiger partial charge on any atom is 0.408 e. The Balaban J connectivity index is 1.81. The Hall–Kier alpha value is -3.06. The summed E-state index contributed by atoms with van der Waals surface area (Å²) < 4.78 is 10.2. The number of halogens is 1. The molecule has 0 aliphatic rings. The number of hydrogen-bond acceptors (Lipinski definition) is 5. The molecule has 0 heterocycles. The van der Waals surface area contributed by atoms with Crippen molar-refractivity contribution in [3.05, 3.63) is 65.2 Å². The van der Waals surface area contributed by atoms with E-state index in [0.717, 1.165) is 5.56 Å². The molecule has 8 heteroatoms. The number of ether oxygens (including phenoxy) is 2. The van der Waals surface area contributed by atoms with E-state index in [1.165, 1.54) is 0 Å². The molecule has 1 atom stereocenters. The third kappa shape index (κ3) is 7.83. The van der Waals surface area contributed by atoms with Gasteiger partial charge in [0.2, 0.25) is 0 Å². The number of benzene rings is 2. The van der Waals surface area contributed by atoms with E-state index in [1.807, 2.05) is 30.3 Å². The Bertz CT molecular complexity index is 842. The summed E-state index contributed by atoms with van der Waals surface area (Å²) in [5, 5.41) is 5.53. The maximum absolute atomic E-state index is 12.3. The van der Waals surface area contributed by atoms with Crippen molar-refractivity contribution in [3.8, 4) is 0 Å². The lowest BCUT2D eigenvalue weighted by molar-refractivity contribution is -0.150. The molecule has 0 aliphatic heterocycles. The molecule has 0 fully saturated rings. The van der Waals surface area contributed by atoms with E-state index in [-0.39, 0.29) is 12.5 Å². The van der Waals surface area contributed by atoms with Gasteiger partial charge in [-0.05, 0) is 29.7 Å². The Morgan fingerprint density at radius 2 is 1.72 bits per heavy atom. The normalized spacial score (nSPS) is 11.4. The molecule has 2 aromatic rings. The first kappa shape index (κ1) is 22.2. The number of amides is 2. The van der Waals surface area contributed by atoms with Gasteiger partial charge in [-0.25, -0.2) is 9.59 Å². The number of alkyl carbamates (subject to hydrolysis) is 1. The van der Waals surface area contributed by atoms with E-state index in [4.69, 9.17) is 21.1 Å². The Morgan fingerprint density at radius 1 is 1.00 bits per heavy atom. The quantitative estimate of drug-likeness (QED) is 0.636. The highest BCUT2D eigenvalue weighted by Crippen LogP contribution is 2.14. The zero-order valence-corrected chi connectivity index (χ0v) is 16.9. The average molecular weight is 419 g/mol. The molecule has 0 aliphatic carbocycles. The highest BCUT2D eigenvalue weighted by Gasteiger charge is 2.27. The van der Waals surface area contributed by atoms with Gasteiger partial charge < -0.3 is 20.1 Å². The number of rotatable bonds is 8. The van der Waals surface area contributed by atoms with Crippen molar-refractivity contribution in [2.24, 2.45) is 5.92 Å². The lowest BCUT2D eigenvalue weighted by Crippen LogP contribution is -2.46. The van der Waals surface area contributed by atoms with E-state index in [9.17, 15) is 14.4 Å². The van der Waals surface area contributed by atoms with Crippen LogP contribution in [0.2, 0.25) is 5.02 Å². The predicted molar refractivity (Wildman–Crippen MR) is 109 cm³/mol. The fraction of sp³-hybridized carbons (Fsp3) is 0.286. The van der Waals surface area contributed by atoms with Crippen LogP contribution >= 0.6 is 11.6 Å². The Kier molecular flexibility index (Phi) is 8.48. The lowest BCUT2D eigenvalue weighted by atomic mass is 10.1. The number of hydrogen-bond donors (Lipinski definition) is 2. The van der Waals surface area contributed by atoms with Crippen molar-refractivity contribution in [1.29, 1.82) is 0 Å². The molecule has 7 nitrogen and oxygen atoms in total. The molecule has 0 radical (unpaired) electrons. The molecule has 0 unspecified atom stereocenters. The van der Waals surface area contributed by atoms with Gasteiger partial charge in [0.25, 0.3) is 5.91 Å². The van der Waals surface area contributed by atoms with E-state index in [0.29, 0.717) is 10.7 Å². The van der Waals surface area contributed by atoms with Crippen LogP contribution in [-0.2, 0) is 25.7 Å². The van der Waals surface area contributed by atoms with Crippen LogP contribution in [0.1, 0.15) is 19.4 Å². The molecule has 2 aromatic carbocycles. The third-order valence-electron chi connectivity index (χ3n) is 3.86. The van der Waals surface area contributed by atoms with Crippen LogP contribution < -0.4 is 10.6 Å². The zero-order chi connectivity index (χ0) is 21.2. The average Bonchev–Trinajstić information content (AvgIpc) is 2.69. The van der Waals surface area contributed by atoms with Gasteiger partial charge in [-0.2, -0.15) is 0 Å². The number of esters is 1. The monoisotopic (exact) mass is 418 g/mol. The van der Waals surface area contributed by atoms with Gasteiger partial charge in [0.1, 0.15) is 12.6 Å². The van der Waals surface area contributed by atoms with Crippen LogP contribution in [0.25, 0.3) is 0 Å². The molecule has 29 heavy (non-hydrogen) atoms. The molecule has 154 valence electrons. The van der Waals surface area contributed by atoms with Gasteiger partial charge in [0.15, 0.2) is 6.61 Å². The summed E-state index contributed by atoms with van der Waals surface area (Å²) in [6.07, 6.45) is -0.743. The minimum Gasteiger partial charge on any atom is -0.454 e. The second-order valence-corrected chi connectivity index (χ2v) is 7.03. The molecule has 2 N–H and O–H groups in total. The number of nitrogens with one attached hydrogen (secondary N) is 2. The topological polar surface area (TPSA) is 93.7 Å². The van der Waals surface area contributed by atoms with Crippen LogP contribution in [0.5, 0.6) is 0 Å². The fourth-order valence-corrected chi connectivity index (χ4v) is 2.57. The highest BCUT2D eigenvalue weighted by atomic mass is 35.5. The van der Waals surface area contributed by atoms with Gasteiger partial charge >= 0.3 is 12.1 Å². The summed E-state index contributed by atoms with van der Waals surface area (Å²) in [5.74, 6) is -1.50. The maximum atomic E-state index is 12.3. The molecule has 0 spiro atoms. The molecule has 0 bridgehead atoms. The minimum absolute atomic E-state index is 0.0780. The van der Waals surface area contributed by atoms with Crippen molar-refractivity contribution in [1.82, 2.24) is 5.32 Å². The second kappa shape index (κ2) is 11.1. The zero-order valence-electron chi connectivity index (χ0n) is 16.2. The van der Waals surface area contributed by atoms with Crippen molar-refractivity contribution in [2.75, 3.05) is 11.9 Å². The summed E-state index contributed by atoms with van der Waals surface area (Å²) >= 11 is 5.86. The molecule has 0 aromatic heterocycles. The number of carbonyl (C=O) groups excluding carboxylic acids is 3. The smallest absolute Gasteiger partial charge is 0.408 e. The van der Waals surface area contributed by atoms with E-state index in [1.54, 1.807) is 38.1 Å². The van der Waals surface area contributed by atoms with Crippen molar-refractivity contribution < 1.29 is 23.9 Å². The van der Waals surface area contributed by atoms with E-state index in [2.05, 4.69) is 10.6 Å². The molecule has 0 saturated heterocycles. The molecular formula is C21H23ClN2O5. The summed E-state index contributed by atoms with van der Waals surface area (Å²) in [7, 11) is 0. The number of carbonyl (C=O) groups is 3. The molecule has 0 saturated carbocycles. The Labute approximate surface area is 174 Å². The van der Waals surface area contributed by atoms with Gasteiger partial charge in [-0.15, -0.1) is 0 Å². The van der Waals surface area contributed by atoms with Crippen molar-refractivity contribution >= 4 is 35.3 Å². The molecular weight excluding hydrogens is 396 g/mol. The van der Waals surface area contributed by atoms with Crippen LogP contribution in [0, 0.1) is 5.92 Å². The number of anilines is 1. The van der Waals surface area contributed by atoms with Crippen LogP contribution in [0.3, 0.4) is 0 Å². The Morgan fingerprint density at radius 3 is 2.38 bits per heavy atom. The summed E-state index contributed by atoms with van der Waals surface area (Å²) in [4.78, 5) is 36.3. The summed E-state index contributed by atoms with van der Waals surface area (Å²) in [5.41, 5.74) is 1.31. The second-order valence-electron chi connectivity index (χ2n) is 6.59. The summed E-state index contributed by atoms with van der Waals surface area (Å²) in [6.45, 7) is 3.08. The van der Waals surface area contributed by atoms with Crippen LogP contribution in [0.4, 0.5) is 10.5 Å². The first-order valence-electron chi connectivity index (χ1n) is 9.04. The molecule has 2 rings (SSSR count). The largest absolute Gasteiger partial charge is 0.454 e.